The summed E-state index contributed by atoms with van der Waals surface area (Å²) in [5, 5.41) is 13.6. The van der Waals surface area contributed by atoms with E-state index in [0.717, 1.165) is 10.6 Å². The van der Waals surface area contributed by atoms with Gasteiger partial charge in [-0.1, -0.05) is 17.7 Å². The number of rotatable bonds is 7. The average molecular weight is 407 g/mol. The lowest BCUT2D eigenvalue weighted by atomic mass is 10.2. The summed E-state index contributed by atoms with van der Waals surface area (Å²) in [4.78, 5) is 14.8. The van der Waals surface area contributed by atoms with Gasteiger partial charge in [-0.05, 0) is 18.2 Å². The van der Waals surface area contributed by atoms with Gasteiger partial charge in [0.25, 0.3) is 5.69 Å². The molecule has 0 aliphatic heterocycles. The molecule has 1 aromatic heterocycles. The fraction of sp³-hybridized carbons (Fsp3) is 0.167. The maximum Gasteiger partial charge on any atom is 0.271 e. The van der Waals surface area contributed by atoms with E-state index in [0.29, 0.717) is 22.9 Å². The zero-order valence-corrected chi connectivity index (χ0v) is 16.0. The highest BCUT2D eigenvalue weighted by Gasteiger charge is 2.15. The fourth-order valence-electron chi connectivity index (χ4n) is 2.42. The minimum Gasteiger partial charge on any atom is -0.493 e. The number of nitro benzene ring substituents is 1. The van der Waals surface area contributed by atoms with Gasteiger partial charge in [0.05, 0.1) is 35.4 Å². The highest BCUT2D eigenvalue weighted by Crippen LogP contribution is 2.39. The largest absolute Gasteiger partial charge is 0.493 e. The minimum atomic E-state index is -0.510. The van der Waals surface area contributed by atoms with Gasteiger partial charge >= 0.3 is 0 Å². The molecule has 0 radical (unpaired) electrons. The summed E-state index contributed by atoms with van der Waals surface area (Å²) < 4.78 is 16.4. The predicted molar refractivity (Wildman–Crippen MR) is 103 cm³/mol. The van der Waals surface area contributed by atoms with Gasteiger partial charge in [-0.15, -0.1) is 11.3 Å². The Hall–Kier alpha value is -2.84. The zero-order chi connectivity index (χ0) is 19.4. The normalized spacial score (nSPS) is 10.5. The van der Waals surface area contributed by atoms with Crippen molar-refractivity contribution in [2.24, 2.45) is 0 Å². The molecular weight excluding hydrogens is 392 g/mol. The van der Waals surface area contributed by atoms with Crippen LogP contribution in [0.4, 0.5) is 5.69 Å². The van der Waals surface area contributed by atoms with Crippen molar-refractivity contribution >= 4 is 28.6 Å². The summed E-state index contributed by atoms with van der Waals surface area (Å²) in [5.41, 5.74) is 1.43. The van der Waals surface area contributed by atoms with Gasteiger partial charge in [-0.3, -0.25) is 10.1 Å². The number of nitrogens with zero attached hydrogens (tertiary/aromatic N) is 2. The van der Waals surface area contributed by atoms with E-state index in [4.69, 9.17) is 25.8 Å². The second-order valence-electron chi connectivity index (χ2n) is 5.35. The minimum absolute atomic E-state index is 0.0894. The Labute approximate surface area is 164 Å². The Bertz CT molecular complexity index is 976. The molecule has 0 aliphatic rings. The van der Waals surface area contributed by atoms with E-state index in [1.54, 1.807) is 14.2 Å². The van der Waals surface area contributed by atoms with Crippen LogP contribution in [0.5, 0.6) is 17.2 Å². The summed E-state index contributed by atoms with van der Waals surface area (Å²) in [5.74, 6) is 1.59. The van der Waals surface area contributed by atoms with Crippen LogP contribution in [-0.2, 0) is 6.61 Å². The first-order valence-corrected chi connectivity index (χ1v) is 9.01. The van der Waals surface area contributed by atoms with Crippen molar-refractivity contribution in [2.75, 3.05) is 14.2 Å². The number of non-ortho nitro benzene ring substituents is 1. The second-order valence-corrected chi connectivity index (χ2v) is 6.61. The van der Waals surface area contributed by atoms with Crippen LogP contribution in [0, 0.1) is 10.1 Å². The molecule has 0 spiro atoms. The molecular formula is C18H15ClN2O5S. The van der Waals surface area contributed by atoms with E-state index < -0.39 is 4.92 Å². The number of thiazole rings is 1. The molecule has 0 bridgehead atoms. The van der Waals surface area contributed by atoms with Gasteiger partial charge in [-0.25, -0.2) is 4.98 Å². The van der Waals surface area contributed by atoms with E-state index in [-0.39, 0.29) is 17.3 Å². The third kappa shape index (κ3) is 4.12. The maximum absolute atomic E-state index is 10.8. The number of hydrogen-bond donors (Lipinski definition) is 0. The standard InChI is InChI=1S/C18H15ClN2O5S/c1-24-16-5-3-4-13(17(16)25-2)18-20-11(10-27-18)9-26-15-7-6-12(21(22)23)8-14(15)19/h3-8,10H,9H2,1-2H3. The van der Waals surface area contributed by atoms with E-state index in [1.807, 2.05) is 23.6 Å². The lowest BCUT2D eigenvalue weighted by molar-refractivity contribution is -0.384. The van der Waals surface area contributed by atoms with Gasteiger partial charge in [0.1, 0.15) is 17.4 Å². The van der Waals surface area contributed by atoms with Gasteiger partial charge in [0, 0.05) is 17.5 Å². The maximum atomic E-state index is 10.8. The number of ether oxygens (including phenoxy) is 3. The first-order valence-electron chi connectivity index (χ1n) is 7.76. The summed E-state index contributed by atoms with van der Waals surface area (Å²) in [6, 6.07) is 9.65. The molecule has 0 saturated carbocycles. The zero-order valence-electron chi connectivity index (χ0n) is 14.5. The predicted octanol–water partition coefficient (Wildman–Crippen LogP) is 4.97. The van der Waals surface area contributed by atoms with Gasteiger partial charge in [0.15, 0.2) is 11.5 Å². The van der Waals surface area contributed by atoms with Crippen LogP contribution in [0.25, 0.3) is 10.6 Å². The van der Waals surface area contributed by atoms with Crippen LogP contribution < -0.4 is 14.2 Å². The van der Waals surface area contributed by atoms with Crippen LogP contribution in [-0.4, -0.2) is 24.1 Å². The van der Waals surface area contributed by atoms with Gasteiger partial charge < -0.3 is 14.2 Å². The van der Waals surface area contributed by atoms with Crippen LogP contribution in [0.15, 0.2) is 41.8 Å². The van der Waals surface area contributed by atoms with Crippen molar-refractivity contribution < 1.29 is 19.1 Å². The molecule has 140 valence electrons. The van der Waals surface area contributed by atoms with Gasteiger partial charge in [0.2, 0.25) is 0 Å². The van der Waals surface area contributed by atoms with Crippen molar-refractivity contribution in [1.82, 2.24) is 4.98 Å². The average Bonchev–Trinajstić information content (AvgIpc) is 3.14. The number of halogens is 1. The Morgan fingerprint density at radius 1 is 1.19 bits per heavy atom. The summed E-state index contributed by atoms with van der Waals surface area (Å²) >= 11 is 7.48. The number of nitro groups is 1. The van der Waals surface area contributed by atoms with Crippen molar-refractivity contribution in [3.63, 3.8) is 0 Å². The molecule has 0 aliphatic carbocycles. The Morgan fingerprint density at radius 2 is 2.00 bits per heavy atom. The first-order chi connectivity index (χ1) is 13.0. The van der Waals surface area contributed by atoms with E-state index in [9.17, 15) is 10.1 Å². The highest BCUT2D eigenvalue weighted by atomic mass is 35.5. The lowest BCUT2D eigenvalue weighted by Crippen LogP contribution is -1.97. The van der Waals surface area contributed by atoms with Crippen LogP contribution >= 0.6 is 22.9 Å². The molecule has 0 unspecified atom stereocenters. The third-order valence-electron chi connectivity index (χ3n) is 3.69. The molecule has 0 saturated heterocycles. The summed E-state index contributed by atoms with van der Waals surface area (Å²) in [6.45, 7) is 0.181. The SMILES string of the molecule is COc1cccc(-c2nc(COc3ccc([N+](=O)[O-])cc3Cl)cs2)c1OC. The van der Waals surface area contributed by atoms with E-state index >= 15 is 0 Å². The monoisotopic (exact) mass is 406 g/mol. The topological polar surface area (TPSA) is 83.7 Å². The van der Waals surface area contributed by atoms with Crippen LogP contribution in [0.2, 0.25) is 5.02 Å². The number of hydrogen-bond acceptors (Lipinski definition) is 7. The molecule has 9 heteroatoms. The molecule has 0 N–H and O–H groups in total. The van der Waals surface area contributed by atoms with Crippen molar-refractivity contribution in [3.05, 3.63) is 62.6 Å². The second kappa shape index (κ2) is 8.24. The smallest absolute Gasteiger partial charge is 0.271 e. The van der Waals surface area contributed by atoms with Gasteiger partial charge in [-0.2, -0.15) is 0 Å². The summed E-state index contributed by atoms with van der Waals surface area (Å²) in [7, 11) is 3.16. The lowest BCUT2D eigenvalue weighted by Gasteiger charge is -2.10. The molecule has 0 atom stereocenters. The highest BCUT2D eigenvalue weighted by molar-refractivity contribution is 7.13. The molecule has 3 aromatic rings. The fourth-order valence-corrected chi connectivity index (χ4v) is 3.48. The molecule has 2 aromatic carbocycles. The Kier molecular flexibility index (Phi) is 5.78. The molecule has 27 heavy (non-hydrogen) atoms. The summed E-state index contributed by atoms with van der Waals surface area (Å²) in [6.07, 6.45) is 0. The quantitative estimate of drug-likeness (QED) is 0.407. The number of benzene rings is 2. The molecule has 1 heterocycles. The molecule has 0 amide bonds. The Morgan fingerprint density at radius 3 is 2.67 bits per heavy atom. The first kappa shape index (κ1) is 18.9. The van der Waals surface area contributed by atoms with Crippen molar-refractivity contribution in [3.8, 4) is 27.8 Å². The van der Waals surface area contributed by atoms with Crippen molar-refractivity contribution in [2.45, 2.75) is 6.61 Å². The van der Waals surface area contributed by atoms with E-state index in [1.165, 1.54) is 29.5 Å². The van der Waals surface area contributed by atoms with Crippen LogP contribution in [0.1, 0.15) is 5.69 Å². The Balaban J connectivity index is 1.77. The number of aromatic nitrogens is 1. The van der Waals surface area contributed by atoms with Crippen LogP contribution in [0.3, 0.4) is 0 Å². The number of methoxy groups -OCH3 is 2. The van der Waals surface area contributed by atoms with Crippen molar-refractivity contribution in [1.29, 1.82) is 0 Å². The molecule has 7 nitrogen and oxygen atoms in total. The van der Waals surface area contributed by atoms with E-state index in [2.05, 4.69) is 4.98 Å². The third-order valence-corrected chi connectivity index (χ3v) is 4.91. The number of para-hydroxylation sites is 1. The molecule has 0 fully saturated rings. The molecule has 3 rings (SSSR count).